The lowest BCUT2D eigenvalue weighted by Crippen LogP contribution is -2.45. The lowest BCUT2D eigenvalue weighted by Gasteiger charge is -2.37. The normalized spacial score (nSPS) is 27.6. The van der Waals surface area contributed by atoms with Crippen LogP contribution in [0.1, 0.15) is 45.4 Å². The number of fused-ring (bicyclic) bond motifs is 1. The summed E-state index contributed by atoms with van der Waals surface area (Å²) >= 11 is 0. The molecule has 1 amide bonds. The third-order valence-corrected chi connectivity index (χ3v) is 8.02. The molecule has 190 valence electrons. The van der Waals surface area contributed by atoms with E-state index < -0.39 is 11.7 Å². The lowest BCUT2D eigenvalue weighted by molar-refractivity contribution is -0.132. The van der Waals surface area contributed by atoms with Crippen LogP contribution in [0.2, 0.25) is 0 Å². The van der Waals surface area contributed by atoms with Gasteiger partial charge < -0.3 is 15.1 Å². The molecule has 4 heterocycles. The summed E-state index contributed by atoms with van der Waals surface area (Å²) in [6.45, 7) is 7.66. The van der Waals surface area contributed by atoms with Gasteiger partial charge in [0.2, 0.25) is 5.91 Å². The summed E-state index contributed by atoms with van der Waals surface area (Å²) in [5, 5.41) is 5.89. The summed E-state index contributed by atoms with van der Waals surface area (Å²) in [4.78, 5) is 16.9. The van der Waals surface area contributed by atoms with E-state index in [1.165, 1.54) is 11.1 Å². The van der Waals surface area contributed by atoms with Gasteiger partial charge in [-0.3, -0.25) is 10.2 Å². The maximum absolute atomic E-state index is 13.9. The smallest absolute Gasteiger partial charge is 0.222 e. The first-order valence-electron chi connectivity index (χ1n) is 13.1. The number of likely N-dealkylation sites (tertiary alicyclic amines) is 1. The minimum Gasteiger partial charge on any atom is -0.367 e. The quantitative estimate of drug-likeness (QED) is 0.573. The average Bonchev–Trinajstić information content (AvgIpc) is 3.52. The number of carbonyl (C=O) groups excluding carboxylic acids is 1. The van der Waals surface area contributed by atoms with E-state index in [4.69, 9.17) is 0 Å². The van der Waals surface area contributed by atoms with E-state index >= 15 is 0 Å². The predicted molar refractivity (Wildman–Crippen MR) is 133 cm³/mol. The van der Waals surface area contributed by atoms with Crippen LogP contribution in [0.4, 0.5) is 8.78 Å². The van der Waals surface area contributed by atoms with Crippen LogP contribution in [-0.4, -0.2) is 66.2 Å². The Morgan fingerprint density at radius 2 is 2.03 bits per heavy atom. The average molecular weight is 486 g/mol. The molecule has 5 rings (SSSR count). The van der Waals surface area contributed by atoms with Crippen molar-refractivity contribution >= 4 is 5.91 Å². The Labute approximate surface area is 207 Å². The molecule has 0 radical (unpaired) electrons. The van der Waals surface area contributed by atoms with Gasteiger partial charge in [-0.15, -0.1) is 0 Å². The zero-order valence-corrected chi connectivity index (χ0v) is 20.6. The third kappa shape index (κ3) is 5.38. The van der Waals surface area contributed by atoms with E-state index in [0.29, 0.717) is 23.8 Å². The Kier molecular flexibility index (Phi) is 7.39. The first-order chi connectivity index (χ1) is 17.0. The second-order valence-corrected chi connectivity index (χ2v) is 10.3. The Morgan fingerprint density at radius 3 is 2.80 bits per heavy atom. The number of rotatable bonds is 7. The number of hydrazine groups is 1. The first-order valence-corrected chi connectivity index (χ1v) is 13.1. The third-order valence-electron chi connectivity index (χ3n) is 8.02. The van der Waals surface area contributed by atoms with Crippen molar-refractivity contribution in [2.24, 2.45) is 11.8 Å². The first kappa shape index (κ1) is 24.3. The van der Waals surface area contributed by atoms with Gasteiger partial charge >= 0.3 is 0 Å². The fraction of sp³-hybridized carbons (Fsp3) is 0.593. The highest BCUT2D eigenvalue weighted by atomic mass is 19.2. The largest absolute Gasteiger partial charge is 0.367 e. The Balaban J connectivity index is 1.06. The van der Waals surface area contributed by atoms with Crippen molar-refractivity contribution in [1.29, 1.82) is 0 Å². The number of nitrogens with zero attached hydrogens (tertiary/aromatic N) is 3. The summed E-state index contributed by atoms with van der Waals surface area (Å²) in [5.41, 5.74) is 6.49. The molecule has 5 aliphatic rings. The van der Waals surface area contributed by atoms with Crippen LogP contribution in [0.15, 0.2) is 59.0 Å². The van der Waals surface area contributed by atoms with Crippen LogP contribution in [0, 0.1) is 11.8 Å². The van der Waals surface area contributed by atoms with Crippen molar-refractivity contribution in [1.82, 2.24) is 25.6 Å². The molecule has 6 nitrogen and oxygen atoms in total. The number of hydrogen-bond acceptors (Lipinski definition) is 5. The van der Waals surface area contributed by atoms with Gasteiger partial charge in [0.25, 0.3) is 0 Å². The number of carbonyl (C=O) groups is 1. The van der Waals surface area contributed by atoms with E-state index in [2.05, 4.69) is 52.1 Å². The molecular formula is C27H37F2N5O. The number of halogens is 2. The van der Waals surface area contributed by atoms with Crippen molar-refractivity contribution in [3.8, 4) is 0 Å². The Hall–Kier alpha value is -2.45. The summed E-state index contributed by atoms with van der Waals surface area (Å²) in [7, 11) is 0. The van der Waals surface area contributed by atoms with Crippen molar-refractivity contribution < 1.29 is 13.6 Å². The molecule has 2 atom stereocenters. The second kappa shape index (κ2) is 10.7. The molecule has 1 aliphatic carbocycles. The van der Waals surface area contributed by atoms with Gasteiger partial charge in [0, 0.05) is 70.4 Å². The van der Waals surface area contributed by atoms with Crippen LogP contribution in [0.3, 0.4) is 0 Å². The molecule has 0 spiro atoms. The fourth-order valence-corrected chi connectivity index (χ4v) is 5.80. The second-order valence-electron chi connectivity index (χ2n) is 10.3. The minimum absolute atomic E-state index is 0.0454. The highest BCUT2D eigenvalue weighted by Gasteiger charge is 2.32. The minimum atomic E-state index is -0.754. The van der Waals surface area contributed by atoms with Crippen LogP contribution >= 0.6 is 0 Å². The van der Waals surface area contributed by atoms with Crippen molar-refractivity contribution in [2.75, 3.05) is 39.3 Å². The molecule has 2 unspecified atom stereocenters. The van der Waals surface area contributed by atoms with Gasteiger partial charge in [-0.2, -0.15) is 0 Å². The van der Waals surface area contributed by atoms with Gasteiger partial charge in [0.1, 0.15) is 12.0 Å². The Morgan fingerprint density at radius 1 is 1.20 bits per heavy atom. The van der Waals surface area contributed by atoms with E-state index in [0.717, 1.165) is 52.1 Å². The number of piperidine rings is 1. The van der Waals surface area contributed by atoms with E-state index in [1.807, 2.05) is 4.90 Å². The molecule has 0 bridgehead atoms. The molecule has 2 saturated heterocycles. The van der Waals surface area contributed by atoms with Crippen molar-refractivity contribution in [3.05, 3.63) is 59.0 Å². The van der Waals surface area contributed by atoms with Gasteiger partial charge in [0.15, 0.2) is 5.83 Å². The van der Waals surface area contributed by atoms with Crippen LogP contribution in [-0.2, 0) is 4.79 Å². The summed E-state index contributed by atoms with van der Waals surface area (Å²) in [5.74, 6) is -0.341. The van der Waals surface area contributed by atoms with Gasteiger partial charge in [-0.25, -0.2) is 13.8 Å². The summed E-state index contributed by atoms with van der Waals surface area (Å²) < 4.78 is 27.4. The van der Waals surface area contributed by atoms with Gasteiger partial charge in [-0.05, 0) is 60.5 Å². The number of dihydropyridines is 1. The fourth-order valence-electron chi connectivity index (χ4n) is 5.80. The van der Waals surface area contributed by atoms with Crippen molar-refractivity contribution in [3.63, 3.8) is 0 Å². The van der Waals surface area contributed by atoms with Gasteiger partial charge in [-0.1, -0.05) is 13.0 Å². The number of nitrogens with one attached hydrogen (secondary N) is 2. The maximum atomic E-state index is 13.9. The molecule has 0 aromatic carbocycles. The molecule has 35 heavy (non-hydrogen) atoms. The Bertz CT molecular complexity index is 976. The summed E-state index contributed by atoms with van der Waals surface area (Å²) in [6, 6.07) is 0. The summed E-state index contributed by atoms with van der Waals surface area (Å²) in [6.07, 6.45) is 14.0. The topological polar surface area (TPSA) is 50.9 Å². The number of amides is 1. The monoisotopic (exact) mass is 485 g/mol. The molecule has 2 fully saturated rings. The molecule has 4 aliphatic heterocycles. The van der Waals surface area contributed by atoms with E-state index in [9.17, 15) is 13.6 Å². The van der Waals surface area contributed by atoms with E-state index in [-0.39, 0.29) is 31.3 Å². The predicted octanol–water partition coefficient (Wildman–Crippen LogP) is 3.90. The molecular weight excluding hydrogens is 448 g/mol. The molecule has 2 N–H and O–H groups in total. The number of allylic oxidation sites excluding steroid dienone is 5. The van der Waals surface area contributed by atoms with Crippen LogP contribution in [0.5, 0.6) is 0 Å². The molecule has 8 heteroatoms. The highest BCUT2D eigenvalue weighted by Crippen LogP contribution is 2.32. The van der Waals surface area contributed by atoms with Crippen molar-refractivity contribution in [2.45, 2.75) is 51.6 Å². The molecule has 0 aromatic heterocycles. The number of hydrogen-bond donors (Lipinski definition) is 2. The van der Waals surface area contributed by atoms with Gasteiger partial charge in [0.05, 0.1) is 0 Å². The SMILES string of the molecule is CCN1CC(C2=CNC3C(=C2)C=CN3CC2CCN(C(=O)CCC3=CCCC(F)=C3F)CC2)CN1. The zero-order valence-electron chi connectivity index (χ0n) is 20.6. The zero-order chi connectivity index (χ0) is 24.4. The molecule has 0 aromatic rings. The van der Waals surface area contributed by atoms with Crippen LogP contribution in [0.25, 0.3) is 0 Å². The van der Waals surface area contributed by atoms with E-state index in [1.54, 1.807) is 6.08 Å². The lowest BCUT2D eigenvalue weighted by atomic mass is 9.94. The molecule has 0 saturated carbocycles. The van der Waals surface area contributed by atoms with Crippen LogP contribution < -0.4 is 10.7 Å². The highest BCUT2D eigenvalue weighted by molar-refractivity contribution is 5.76. The standard InChI is InChI=1S/C27H37F2N5O/c1-2-34-18-23(16-31-34)22-14-21-10-13-33(27(21)30-15-22)17-19-8-11-32(12-9-19)25(35)7-6-20-4-3-5-24(28)26(20)29/h4,10,13-15,19,23,27,30-31H,2-3,5-9,11-12,16-18H2,1H3. The maximum Gasteiger partial charge on any atom is 0.222 e.